The van der Waals surface area contributed by atoms with Crippen LogP contribution in [-0.4, -0.2) is 54.4 Å². The van der Waals surface area contributed by atoms with Crippen molar-refractivity contribution >= 4 is 5.97 Å². The van der Waals surface area contributed by atoms with Crippen LogP contribution >= 0.6 is 0 Å². The zero-order valence-corrected chi connectivity index (χ0v) is 13.6. The lowest BCUT2D eigenvalue weighted by Crippen LogP contribution is -2.58. The van der Waals surface area contributed by atoms with Crippen molar-refractivity contribution < 1.29 is 14.3 Å². The van der Waals surface area contributed by atoms with Crippen LogP contribution in [-0.2, 0) is 14.3 Å². The Hall–Kier alpha value is -0.650. The molecule has 5 heteroatoms. The van der Waals surface area contributed by atoms with Crippen LogP contribution in [0.25, 0.3) is 0 Å². The van der Waals surface area contributed by atoms with Crippen molar-refractivity contribution in [2.24, 2.45) is 5.73 Å². The Kier molecular flexibility index (Phi) is 5.63. The molecule has 0 amide bonds. The van der Waals surface area contributed by atoms with Crippen molar-refractivity contribution in [1.29, 1.82) is 0 Å². The van der Waals surface area contributed by atoms with Gasteiger partial charge in [0, 0.05) is 18.6 Å². The highest BCUT2D eigenvalue weighted by Gasteiger charge is 2.39. The van der Waals surface area contributed by atoms with Crippen LogP contribution in [0, 0.1) is 0 Å². The molecule has 21 heavy (non-hydrogen) atoms. The molecular weight excluding hydrogens is 268 g/mol. The Bertz CT molecular complexity index is 357. The summed E-state index contributed by atoms with van der Waals surface area (Å²) in [5.74, 6) is -0.301. The second-order valence-corrected chi connectivity index (χ2v) is 6.69. The Morgan fingerprint density at radius 2 is 2.19 bits per heavy atom. The minimum Gasteiger partial charge on any atom is -0.465 e. The first-order valence-corrected chi connectivity index (χ1v) is 8.29. The number of nitrogens with zero attached hydrogens (tertiary/aromatic N) is 1. The molecule has 122 valence electrons. The van der Waals surface area contributed by atoms with E-state index in [2.05, 4.69) is 11.8 Å². The van der Waals surface area contributed by atoms with Gasteiger partial charge in [0.25, 0.3) is 0 Å². The summed E-state index contributed by atoms with van der Waals surface area (Å²) in [5.41, 5.74) is 5.27. The number of esters is 1. The number of morpholine rings is 1. The maximum absolute atomic E-state index is 12.0. The molecule has 1 heterocycles. The number of carbonyl (C=O) groups excluding carboxylic acids is 1. The predicted octanol–water partition coefficient (Wildman–Crippen LogP) is 1.69. The molecule has 1 aliphatic heterocycles. The fourth-order valence-electron chi connectivity index (χ4n) is 3.78. The quantitative estimate of drug-likeness (QED) is 0.783. The number of ether oxygens (including phenoxy) is 2. The average Bonchev–Trinajstić information content (AvgIpc) is 2.46. The highest BCUT2D eigenvalue weighted by Crippen LogP contribution is 2.31. The Balaban J connectivity index is 1.98. The normalized spacial score (nSPS) is 31.0. The predicted molar refractivity (Wildman–Crippen MR) is 82.0 cm³/mol. The van der Waals surface area contributed by atoms with E-state index < -0.39 is 5.54 Å². The van der Waals surface area contributed by atoms with Crippen molar-refractivity contribution in [3.05, 3.63) is 0 Å². The van der Waals surface area contributed by atoms with E-state index in [1.165, 1.54) is 19.3 Å². The molecule has 2 rings (SSSR count). The second kappa shape index (κ2) is 7.07. The number of hydrogen-bond acceptors (Lipinski definition) is 5. The van der Waals surface area contributed by atoms with Crippen LogP contribution in [0.1, 0.15) is 52.9 Å². The van der Waals surface area contributed by atoms with Gasteiger partial charge in [0.1, 0.15) is 5.54 Å². The molecule has 5 nitrogen and oxygen atoms in total. The van der Waals surface area contributed by atoms with Gasteiger partial charge in [-0.3, -0.25) is 9.69 Å². The smallest absolute Gasteiger partial charge is 0.325 e. The molecule has 0 aromatic rings. The van der Waals surface area contributed by atoms with E-state index >= 15 is 0 Å². The van der Waals surface area contributed by atoms with Gasteiger partial charge in [-0.25, -0.2) is 0 Å². The van der Waals surface area contributed by atoms with Gasteiger partial charge in [0.2, 0.25) is 0 Å². The number of carbonyl (C=O) groups is 1. The molecule has 4 unspecified atom stereocenters. The van der Waals surface area contributed by atoms with Crippen molar-refractivity contribution in [3.63, 3.8) is 0 Å². The number of rotatable bonds is 5. The topological polar surface area (TPSA) is 64.8 Å². The molecule has 0 aromatic carbocycles. The molecule has 0 bridgehead atoms. The Morgan fingerprint density at radius 3 is 2.90 bits per heavy atom. The second-order valence-electron chi connectivity index (χ2n) is 6.69. The summed E-state index contributed by atoms with van der Waals surface area (Å²) >= 11 is 0. The van der Waals surface area contributed by atoms with Gasteiger partial charge in [-0.2, -0.15) is 0 Å². The van der Waals surface area contributed by atoms with Gasteiger partial charge < -0.3 is 15.2 Å². The Morgan fingerprint density at radius 1 is 1.48 bits per heavy atom. The summed E-state index contributed by atoms with van der Waals surface area (Å²) in [4.78, 5) is 14.5. The largest absolute Gasteiger partial charge is 0.465 e. The summed E-state index contributed by atoms with van der Waals surface area (Å²) in [6, 6.07) is 0.749. The molecule has 0 radical (unpaired) electrons. The lowest BCUT2D eigenvalue weighted by atomic mass is 9.87. The lowest BCUT2D eigenvalue weighted by molar-refractivity contribution is -0.150. The summed E-state index contributed by atoms with van der Waals surface area (Å²) in [5, 5.41) is 0. The first-order chi connectivity index (χ1) is 9.95. The third-order valence-corrected chi connectivity index (χ3v) is 4.80. The van der Waals surface area contributed by atoms with Gasteiger partial charge in [0.15, 0.2) is 0 Å². The molecule has 1 aliphatic carbocycles. The third kappa shape index (κ3) is 3.96. The monoisotopic (exact) mass is 298 g/mol. The molecule has 2 fully saturated rings. The molecular formula is C16H30N2O3. The van der Waals surface area contributed by atoms with Gasteiger partial charge in [-0.1, -0.05) is 12.8 Å². The SMILES string of the molecule is CCOC(=O)C(C)(N)CC(C)N1CCOC2CCCCC21. The first kappa shape index (κ1) is 16.7. The summed E-state index contributed by atoms with van der Waals surface area (Å²) < 4.78 is 11.0. The van der Waals surface area contributed by atoms with Crippen LogP contribution in [0.5, 0.6) is 0 Å². The van der Waals surface area contributed by atoms with E-state index in [0.29, 0.717) is 25.2 Å². The van der Waals surface area contributed by atoms with Crippen molar-refractivity contribution in [2.45, 2.75) is 76.6 Å². The van der Waals surface area contributed by atoms with Crippen LogP contribution in [0.4, 0.5) is 0 Å². The third-order valence-electron chi connectivity index (χ3n) is 4.80. The van der Waals surface area contributed by atoms with Gasteiger partial charge in [-0.05, 0) is 40.0 Å². The molecule has 2 aliphatic rings. The van der Waals surface area contributed by atoms with Gasteiger partial charge in [0.05, 0.1) is 19.3 Å². The number of hydrogen-bond donors (Lipinski definition) is 1. The zero-order chi connectivity index (χ0) is 15.5. The van der Waals surface area contributed by atoms with E-state index in [4.69, 9.17) is 15.2 Å². The van der Waals surface area contributed by atoms with Crippen molar-refractivity contribution in [3.8, 4) is 0 Å². The van der Waals surface area contributed by atoms with E-state index in [-0.39, 0.29) is 12.0 Å². The van der Waals surface area contributed by atoms with Crippen LogP contribution in [0.2, 0.25) is 0 Å². The van der Waals surface area contributed by atoms with Crippen molar-refractivity contribution in [2.75, 3.05) is 19.8 Å². The Labute approximate surface area is 128 Å². The van der Waals surface area contributed by atoms with Crippen LogP contribution in [0.15, 0.2) is 0 Å². The molecule has 0 aromatic heterocycles. The van der Waals surface area contributed by atoms with Crippen LogP contribution < -0.4 is 5.73 Å². The highest BCUT2D eigenvalue weighted by molar-refractivity contribution is 5.80. The maximum atomic E-state index is 12.0. The van der Waals surface area contributed by atoms with E-state index in [9.17, 15) is 4.79 Å². The minimum absolute atomic E-state index is 0.263. The van der Waals surface area contributed by atoms with E-state index in [1.807, 2.05) is 6.92 Å². The lowest BCUT2D eigenvalue weighted by Gasteiger charge is -2.47. The molecule has 2 N–H and O–H groups in total. The molecule has 0 spiro atoms. The number of fused-ring (bicyclic) bond motifs is 1. The highest BCUT2D eigenvalue weighted by atomic mass is 16.5. The molecule has 4 atom stereocenters. The van der Waals surface area contributed by atoms with E-state index in [1.54, 1.807) is 6.92 Å². The summed E-state index contributed by atoms with van der Waals surface area (Å²) in [6.45, 7) is 7.85. The summed E-state index contributed by atoms with van der Waals surface area (Å²) in [6.07, 6.45) is 5.87. The standard InChI is InChI=1S/C16H30N2O3/c1-4-20-15(19)16(3,17)11-12(2)18-9-10-21-14-8-6-5-7-13(14)18/h12-14H,4-11,17H2,1-3H3. The fourth-order valence-corrected chi connectivity index (χ4v) is 3.78. The van der Waals surface area contributed by atoms with Crippen LogP contribution in [0.3, 0.4) is 0 Å². The fraction of sp³-hybridized carbons (Fsp3) is 0.938. The van der Waals surface area contributed by atoms with Crippen molar-refractivity contribution in [1.82, 2.24) is 4.90 Å². The summed E-state index contributed by atoms with van der Waals surface area (Å²) in [7, 11) is 0. The number of nitrogens with two attached hydrogens (primary N) is 1. The first-order valence-electron chi connectivity index (χ1n) is 8.29. The van der Waals surface area contributed by atoms with E-state index in [0.717, 1.165) is 19.6 Å². The van der Waals surface area contributed by atoms with Gasteiger partial charge in [-0.15, -0.1) is 0 Å². The average molecular weight is 298 g/mol. The molecule has 1 saturated carbocycles. The minimum atomic E-state index is -0.919. The maximum Gasteiger partial charge on any atom is 0.325 e. The molecule has 1 saturated heterocycles. The zero-order valence-electron chi connectivity index (χ0n) is 13.6. The van der Waals surface area contributed by atoms with Gasteiger partial charge >= 0.3 is 5.97 Å².